The highest BCUT2D eigenvalue weighted by atomic mass is 35.5. The molecule has 1 amide bonds. The minimum absolute atomic E-state index is 0.207. The molecular weight excluding hydrogens is 423 g/mol. The van der Waals surface area contributed by atoms with Crippen LogP contribution in [0.1, 0.15) is 15.9 Å². The molecule has 0 atom stereocenters. The number of hydrogen-bond donors (Lipinski definition) is 3. The summed E-state index contributed by atoms with van der Waals surface area (Å²) in [5.41, 5.74) is 0.511. The first-order valence-corrected chi connectivity index (χ1v) is 8.90. The molecule has 2 aromatic heterocycles. The van der Waals surface area contributed by atoms with E-state index in [9.17, 15) is 18.0 Å². The molecule has 0 unspecified atom stereocenters. The number of carbonyl (C=O) groups is 1. The predicted molar refractivity (Wildman–Crippen MR) is 105 cm³/mol. The molecule has 0 bridgehead atoms. The molecule has 0 aliphatic heterocycles. The number of fused-ring (bicyclic) bond motifs is 1. The van der Waals surface area contributed by atoms with Crippen molar-refractivity contribution in [2.45, 2.75) is 6.18 Å². The number of nitrogens with zero attached hydrogens (tertiary/aromatic N) is 2. The van der Waals surface area contributed by atoms with Crippen LogP contribution in [0.5, 0.6) is 5.75 Å². The fourth-order valence-corrected chi connectivity index (χ4v) is 3.07. The smallest absolute Gasteiger partial charge is 0.416 e. The molecule has 3 N–H and O–H groups in total. The zero-order valence-corrected chi connectivity index (χ0v) is 16.0. The van der Waals surface area contributed by atoms with E-state index >= 15 is 0 Å². The molecule has 2 heterocycles. The number of carbonyl (C=O) groups excluding carboxylic acids is 1. The van der Waals surface area contributed by atoms with E-state index in [0.717, 1.165) is 12.1 Å². The number of aromatic amines is 2. The number of hydrogen-bond acceptors (Lipinski definition) is 4. The maximum atomic E-state index is 12.9. The summed E-state index contributed by atoms with van der Waals surface area (Å²) in [6.45, 7) is 0. The molecular formula is C19H13ClF3N5O2. The molecule has 4 aromatic rings. The zero-order valence-electron chi connectivity index (χ0n) is 15.3. The lowest BCUT2D eigenvalue weighted by atomic mass is 10.2. The minimum atomic E-state index is -4.45. The lowest BCUT2D eigenvalue weighted by Crippen LogP contribution is -2.12. The average Bonchev–Trinajstić information content (AvgIpc) is 3.33. The van der Waals surface area contributed by atoms with Gasteiger partial charge >= 0.3 is 6.18 Å². The van der Waals surface area contributed by atoms with Crippen LogP contribution in [-0.2, 0) is 6.18 Å². The second kappa shape index (κ2) is 7.38. The van der Waals surface area contributed by atoms with Crippen molar-refractivity contribution in [3.05, 3.63) is 58.6 Å². The SMILES string of the molecule is COc1ccc(C(=O)Nc2cc(-c3nc4ccc(C(F)(F)F)cc4[nH]3)[nH]n2)cc1Cl. The van der Waals surface area contributed by atoms with E-state index in [1.165, 1.54) is 25.3 Å². The number of nitrogens with one attached hydrogen (secondary N) is 3. The van der Waals surface area contributed by atoms with Gasteiger partial charge in [0.1, 0.15) is 11.4 Å². The highest BCUT2D eigenvalue weighted by molar-refractivity contribution is 6.32. The number of H-pyrrole nitrogens is 2. The van der Waals surface area contributed by atoms with Crippen LogP contribution in [0, 0.1) is 0 Å². The van der Waals surface area contributed by atoms with Gasteiger partial charge < -0.3 is 15.0 Å². The van der Waals surface area contributed by atoms with E-state index in [2.05, 4.69) is 25.5 Å². The van der Waals surface area contributed by atoms with Gasteiger partial charge in [-0.2, -0.15) is 18.3 Å². The largest absolute Gasteiger partial charge is 0.495 e. The molecule has 0 fully saturated rings. The number of benzene rings is 2. The number of alkyl halides is 3. The van der Waals surface area contributed by atoms with Crippen LogP contribution in [0.25, 0.3) is 22.6 Å². The van der Waals surface area contributed by atoms with Crippen molar-refractivity contribution < 1.29 is 22.7 Å². The Morgan fingerprint density at radius 3 is 2.67 bits per heavy atom. The van der Waals surface area contributed by atoms with E-state index in [4.69, 9.17) is 16.3 Å². The Labute approximate surface area is 172 Å². The summed E-state index contributed by atoms with van der Waals surface area (Å²) in [4.78, 5) is 19.5. The van der Waals surface area contributed by atoms with Gasteiger partial charge in [0.2, 0.25) is 0 Å². The van der Waals surface area contributed by atoms with E-state index in [-0.39, 0.29) is 22.2 Å². The van der Waals surface area contributed by atoms with Crippen LogP contribution in [0.3, 0.4) is 0 Å². The fraction of sp³-hybridized carbons (Fsp3) is 0.105. The number of aromatic nitrogens is 4. The molecule has 30 heavy (non-hydrogen) atoms. The van der Waals surface area contributed by atoms with Gasteiger partial charge in [-0.25, -0.2) is 4.98 Å². The number of ether oxygens (including phenoxy) is 1. The number of amides is 1. The van der Waals surface area contributed by atoms with Gasteiger partial charge in [-0.15, -0.1) is 0 Å². The van der Waals surface area contributed by atoms with Crippen LogP contribution in [0.2, 0.25) is 5.02 Å². The zero-order chi connectivity index (χ0) is 21.5. The van der Waals surface area contributed by atoms with Gasteiger partial charge in [-0.05, 0) is 36.4 Å². The Balaban J connectivity index is 1.55. The van der Waals surface area contributed by atoms with Crippen LogP contribution in [-0.4, -0.2) is 33.2 Å². The summed E-state index contributed by atoms with van der Waals surface area (Å²) < 4.78 is 43.7. The Morgan fingerprint density at radius 1 is 1.17 bits per heavy atom. The quantitative estimate of drug-likeness (QED) is 0.425. The van der Waals surface area contributed by atoms with Crippen molar-refractivity contribution in [2.24, 2.45) is 0 Å². The summed E-state index contributed by atoms with van der Waals surface area (Å²) in [5, 5.41) is 9.56. The van der Waals surface area contributed by atoms with Crippen LogP contribution < -0.4 is 10.1 Å². The molecule has 0 aliphatic carbocycles. The van der Waals surface area contributed by atoms with Gasteiger partial charge in [0.15, 0.2) is 11.6 Å². The first-order valence-electron chi connectivity index (χ1n) is 8.52. The molecule has 0 saturated carbocycles. The number of rotatable bonds is 4. The number of anilines is 1. The first kappa shape index (κ1) is 19.8. The van der Waals surface area contributed by atoms with Crippen molar-refractivity contribution in [3.8, 4) is 17.3 Å². The van der Waals surface area contributed by atoms with E-state index < -0.39 is 17.6 Å². The molecule has 11 heteroatoms. The molecule has 4 rings (SSSR count). The maximum Gasteiger partial charge on any atom is 0.416 e. The van der Waals surface area contributed by atoms with E-state index in [1.807, 2.05) is 0 Å². The van der Waals surface area contributed by atoms with Gasteiger partial charge in [0.05, 0.1) is 28.7 Å². The lowest BCUT2D eigenvalue weighted by molar-refractivity contribution is -0.137. The summed E-state index contributed by atoms with van der Waals surface area (Å²) in [6.07, 6.45) is -4.45. The van der Waals surface area contributed by atoms with Crippen LogP contribution in [0.15, 0.2) is 42.5 Å². The molecule has 0 aliphatic rings. The molecule has 0 spiro atoms. The van der Waals surface area contributed by atoms with Gasteiger partial charge in [0, 0.05) is 11.6 Å². The van der Waals surface area contributed by atoms with Crippen LogP contribution in [0.4, 0.5) is 19.0 Å². The monoisotopic (exact) mass is 435 g/mol. The number of halogens is 4. The summed E-state index contributed by atoms with van der Waals surface area (Å²) >= 11 is 6.03. The topological polar surface area (TPSA) is 95.7 Å². The summed E-state index contributed by atoms with van der Waals surface area (Å²) in [6, 6.07) is 9.31. The summed E-state index contributed by atoms with van der Waals surface area (Å²) in [5.74, 6) is 0.481. The second-order valence-corrected chi connectivity index (χ2v) is 6.69. The van der Waals surface area contributed by atoms with Gasteiger partial charge in [-0.3, -0.25) is 9.89 Å². The molecule has 0 saturated heterocycles. The van der Waals surface area contributed by atoms with Crippen LogP contribution >= 0.6 is 11.6 Å². The van der Waals surface area contributed by atoms with Crippen molar-refractivity contribution in [3.63, 3.8) is 0 Å². The highest BCUT2D eigenvalue weighted by Gasteiger charge is 2.30. The Morgan fingerprint density at radius 2 is 1.97 bits per heavy atom. The minimum Gasteiger partial charge on any atom is -0.495 e. The first-order chi connectivity index (χ1) is 14.2. The van der Waals surface area contributed by atoms with E-state index in [1.54, 1.807) is 12.1 Å². The summed E-state index contributed by atoms with van der Waals surface area (Å²) in [7, 11) is 1.47. The molecule has 2 aromatic carbocycles. The maximum absolute atomic E-state index is 12.9. The standard InChI is InChI=1S/C19H13ClF3N5O2/c1-30-15-5-2-9(6-11(15)20)18(29)26-16-8-14(27-28-16)17-24-12-4-3-10(19(21,22)23)7-13(12)25-17/h2-8H,1H3,(H,24,25)(H2,26,27,28,29). The third-order valence-electron chi connectivity index (χ3n) is 4.30. The molecule has 0 radical (unpaired) electrons. The van der Waals surface area contributed by atoms with Crippen molar-refractivity contribution in [1.82, 2.24) is 20.2 Å². The third kappa shape index (κ3) is 3.81. The van der Waals surface area contributed by atoms with Crippen molar-refractivity contribution >= 4 is 34.4 Å². The van der Waals surface area contributed by atoms with Gasteiger partial charge in [-0.1, -0.05) is 11.6 Å². The Hall–Kier alpha value is -3.53. The second-order valence-electron chi connectivity index (χ2n) is 6.29. The van der Waals surface area contributed by atoms with Crippen molar-refractivity contribution in [1.29, 1.82) is 0 Å². The average molecular weight is 436 g/mol. The number of imidazole rings is 1. The lowest BCUT2D eigenvalue weighted by Gasteiger charge is -2.05. The third-order valence-corrected chi connectivity index (χ3v) is 4.59. The number of methoxy groups -OCH3 is 1. The van der Waals surface area contributed by atoms with E-state index in [0.29, 0.717) is 22.5 Å². The Kier molecular flexibility index (Phi) is 4.86. The highest BCUT2D eigenvalue weighted by Crippen LogP contribution is 2.32. The normalized spacial score (nSPS) is 11.6. The Bertz CT molecular complexity index is 1250. The van der Waals surface area contributed by atoms with Crippen molar-refractivity contribution in [2.75, 3.05) is 12.4 Å². The van der Waals surface area contributed by atoms with Gasteiger partial charge in [0.25, 0.3) is 5.91 Å². The molecule has 154 valence electrons. The molecule has 7 nitrogen and oxygen atoms in total. The predicted octanol–water partition coefficient (Wildman–Crippen LogP) is 4.89. The fourth-order valence-electron chi connectivity index (χ4n) is 2.82.